The van der Waals surface area contributed by atoms with E-state index in [0.29, 0.717) is 0 Å². The highest BCUT2D eigenvalue weighted by molar-refractivity contribution is 5.67. The average Bonchev–Trinajstić information content (AvgIpc) is 2.76. The van der Waals surface area contributed by atoms with E-state index in [0.717, 1.165) is 6.92 Å². The molecule has 0 radical (unpaired) electrons. The maximum absolute atomic E-state index is 11.9. The van der Waals surface area contributed by atoms with Gasteiger partial charge in [0.05, 0.1) is 6.10 Å². The number of carbonyl (C=O) groups is 4. The van der Waals surface area contributed by atoms with Crippen LogP contribution in [0.25, 0.3) is 0 Å². The van der Waals surface area contributed by atoms with Crippen molar-refractivity contribution in [3.05, 3.63) is 0 Å². The molecule has 0 aromatic heterocycles. The zero-order valence-electron chi connectivity index (χ0n) is 21.2. The summed E-state index contributed by atoms with van der Waals surface area (Å²) in [5.41, 5.74) is 0. The fourth-order valence-electron chi connectivity index (χ4n) is 4.15. The van der Waals surface area contributed by atoms with E-state index in [1.165, 1.54) is 35.0 Å². The molecular weight excluding hydrogens is 488 g/mol. The van der Waals surface area contributed by atoms with E-state index in [2.05, 4.69) is 0 Å². The van der Waals surface area contributed by atoms with E-state index in [4.69, 9.17) is 42.6 Å². The summed E-state index contributed by atoms with van der Waals surface area (Å²) < 4.78 is 49.4. The molecule has 14 nitrogen and oxygen atoms in total. The Balaban J connectivity index is 2.35. The van der Waals surface area contributed by atoms with Gasteiger partial charge in [-0.2, -0.15) is 0 Å². The number of carbonyl (C=O) groups excluding carboxylic acids is 4. The molecule has 206 valence electrons. The van der Waals surface area contributed by atoms with E-state index in [9.17, 15) is 24.3 Å². The zero-order chi connectivity index (χ0) is 27.2. The first-order valence-electron chi connectivity index (χ1n) is 11.2. The first kappa shape index (κ1) is 29.9. The third kappa shape index (κ3) is 7.57. The Labute approximate surface area is 208 Å². The lowest BCUT2D eigenvalue weighted by Gasteiger charge is -2.47. The van der Waals surface area contributed by atoms with Crippen LogP contribution < -0.4 is 0 Å². The lowest BCUT2D eigenvalue weighted by atomic mass is 9.96. The van der Waals surface area contributed by atoms with Crippen molar-refractivity contribution in [3.8, 4) is 0 Å². The van der Waals surface area contributed by atoms with Gasteiger partial charge in [-0.25, -0.2) is 0 Å². The summed E-state index contributed by atoms with van der Waals surface area (Å²) in [5.74, 6) is -2.59. The molecule has 14 heteroatoms. The van der Waals surface area contributed by atoms with Crippen molar-refractivity contribution in [1.29, 1.82) is 0 Å². The smallest absolute Gasteiger partial charge is 0.303 e. The van der Waals surface area contributed by atoms with Gasteiger partial charge in [-0.05, 0) is 6.92 Å². The van der Waals surface area contributed by atoms with Gasteiger partial charge in [0.25, 0.3) is 0 Å². The van der Waals surface area contributed by atoms with Gasteiger partial charge in [0.15, 0.2) is 37.0 Å². The summed E-state index contributed by atoms with van der Waals surface area (Å²) in [6, 6.07) is 0. The van der Waals surface area contributed by atoms with E-state index in [-0.39, 0.29) is 6.61 Å². The van der Waals surface area contributed by atoms with Crippen LogP contribution in [0.3, 0.4) is 0 Å². The highest BCUT2D eigenvalue weighted by Gasteiger charge is 2.54. The molecule has 0 amide bonds. The molecule has 2 heterocycles. The van der Waals surface area contributed by atoms with Crippen LogP contribution in [0.2, 0.25) is 0 Å². The fraction of sp³-hybridized carbons (Fsp3) is 0.818. The molecule has 2 rings (SSSR count). The highest BCUT2D eigenvalue weighted by Crippen LogP contribution is 2.33. The zero-order valence-corrected chi connectivity index (χ0v) is 21.2. The van der Waals surface area contributed by atoms with Crippen LogP contribution in [0.1, 0.15) is 34.6 Å². The van der Waals surface area contributed by atoms with Gasteiger partial charge in [0.1, 0.15) is 24.9 Å². The Morgan fingerprint density at radius 1 is 0.694 bits per heavy atom. The predicted molar refractivity (Wildman–Crippen MR) is 115 cm³/mol. The maximum Gasteiger partial charge on any atom is 0.303 e. The second-order valence-corrected chi connectivity index (χ2v) is 8.30. The monoisotopic (exact) mass is 522 g/mol. The minimum absolute atomic E-state index is 0.286. The largest absolute Gasteiger partial charge is 0.463 e. The van der Waals surface area contributed by atoms with Crippen molar-refractivity contribution in [3.63, 3.8) is 0 Å². The Morgan fingerprint density at radius 3 is 1.67 bits per heavy atom. The minimum Gasteiger partial charge on any atom is -0.463 e. The summed E-state index contributed by atoms with van der Waals surface area (Å²) in [4.78, 5) is 46.6. The van der Waals surface area contributed by atoms with Crippen molar-refractivity contribution < 1.29 is 66.9 Å². The Bertz CT molecular complexity index is 787. The molecule has 36 heavy (non-hydrogen) atoms. The van der Waals surface area contributed by atoms with Crippen molar-refractivity contribution >= 4 is 23.9 Å². The second-order valence-electron chi connectivity index (χ2n) is 8.30. The Hall–Kier alpha value is -2.36. The Kier molecular flexibility index (Phi) is 11.0. The molecule has 0 bridgehead atoms. The van der Waals surface area contributed by atoms with Crippen molar-refractivity contribution in [2.45, 2.75) is 96.0 Å². The molecule has 0 aliphatic carbocycles. The topological polar surface area (TPSA) is 172 Å². The maximum atomic E-state index is 11.9. The second kappa shape index (κ2) is 13.3. The van der Waals surface area contributed by atoms with Crippen LogP contribution in [-0.4, -0.2) is 111 Å². The number of methoxy groups -OCH3 is 2. The lowest BCUT2D eigenvalue weighted by Crippen LogP contribution is -2.65. The molecule has 1 N–H and O–H groups in total. The van der Waals surface area contributed by atoms with Gasteiger partial charge in [-0.1, -0.05) is 0 Å². The summed E-state index contributed by atoms with van der Waals surface area (Å²) in [6.45, 7) is 6.01. The normalized spacial score (nSPS) is 36.4. The fourth-order valence-corrected chi connectivity index (χ4v) is 4.15. The molecule has 2 aliphatic heterocycles. The Morgan fingerprint density at radius 2 is 1.19 bits per heavy atom. The molecule has 0 saturated carbocycles. The van der Waals surface area contributed by atoms with Gasteiger partial charge in [-0.3, -0.25) is 19.2 Å². The van der Waals surface area contributed by atoms with Gasteiger partial charge in [0, 0.05) is 41.9 Å². The number of hydrogen-bond acceptors (Lipinski definition) is 14. The van der Waals surface area contributed by atoms with Gasteiger partial charge in [0.2, 0.25) is 0 Å². The van der Waals surface area contributed by atoms with Crippen LogP contribution in [0, 0.1) is 0 Å². The van der Waals surface area contributed by atoms with Crippen molar-refractivity contribution in [2.75, 3.05) is 20.8 Å². The number of aliphatic hydroxyl groups excluding tert-OH is 1. The molecule has 0 spiro atoms. The summed E-state index contributed by atoms with van der Waals surface area (Å²) in [6.07, 6.45) is -11.7. The van der Waals surface area contributed by atoms with Crippen LogP contribution in [0.4, 0.5) is 0 Å². The molecule has 0 aromatic rings. The number of ether oxygens (including phenoxy) is 9. The highest BCUT2D eigenvalue weighted by atomic mass is 16.8. The van der Waals surface area contributed by atoms with Gasteiger partial charge < -0.3 is 47.7 Å². The van der Waals surface area contributed by atoms with Crippen LogP contribution >= 0.6 is 0 Å². The van der Waals surface area contributed by atoms with E-state index < -0.39 is 85.3 Å². The molecule has 2 fully saturated rings. The predicted octanol–water partition coefficient (Wildman–Crippen LogP) is -0.778. The molecular formula is C22H34O14. The van der Waals surface area contributed by atoms with E-state index in [1.807, 2.05) is 0 Å². The summed E-state index contributed by atoms with van der Waals surface area (Å²) in [7, 11) is 2.61. The van der Waals surface area contributed by atoms with E-state index in [1.54, 1.807) is 6.92 Å². The average molecular weight is 523 g/mol. The number of aliphatic hydroxyl groups is 1. The van der Waals surface area contributed by atoms with Crippen LogP contribution in [-0.2, 0) is 61.8 Å². The third-order valence-corrected chi connectivity index (χ3v) is 5.53. The molecule has 0 unspecified atom stereocenters. The van der Waals surface area contributed by atoms with Crippen molar-refractivity contribution in [2.24, 2.45) is 0 Å². The number of rotatable bonds is 9. The van der Waals surface area contributed by atoms with Gasteiger partial charge >= 0.3 is 23.9 Å². The number of hydrogen-bond donors (Lipinski definition) is 1. The minimum atomic E-state index is -1.68. The first-order valence-corrected chi connectivity index (χ1v) is 11.2. The summed E-state index contributed by atoms with van der Waals surface area (Å²) in [5, 5.41) is 10.8. The first-order chi connectivity index (χ1) is 16.9. The van der Waals surface area contributed by atoms with Crippen molar-refractivity contribution in [1.82, 2.24) is 0 Å². The number of esters is 4. The summed E-state index contributed by atoms with van der Waals surface area (Å²) >= 11 is 0. The standard InChI is InChI=1S/C22H34O14/c1-9-15(32-11(3)24)17(33-12(4)25)20(29-7)22(31-9)36-19-18(34-13(5)26)16(28-6)14(35-21(19)27)8-30-10(2)23/h9,14-22,27H,8H2,1-7H3/t9-,14+,15+,16-,17+,18-,19+,20-,21+,22-/m0/s1. The lowest BCUT2D eigenvalue weighted by molar-refractivity contribution is -0.362. The quantitative estimate of drug-likeness (QED) is 0.295. The third-order valence-electron chi connectivity index (χ3n) is 5.53. The van der Waals surface area contributed by atoms with Crippen LogP contribution in [0.5, 0.6) is 0 Å². The molecule has 2 saturated heterocycles. The van der Waals surface area contributed by atoms with E-state index >= 15 is 0 Å². The molecule has 0 aromatic carbocycles. The van der Waals surface area contributed by atoms with Crippen LogP contribution in [0.15, 0.2) is 0 Å². The van der Waals surface area contributed by atoms with Gasteiger partial charge in [-0.15, -0.1) is 0 Å². The molecule has 10 atom stereocenters. The molecule has 2 aliphatic rings. The SMILES string of the molecule is CO[C@@H]1[C@H](O[C@@H]2[C@@H](OC(C)=O)[C@@H](OC)[C@@H](COC(C)=O)O[C@H]2O)O[C@@H](C)[C@@H](OC(C)=O)[C@H]1OC(C)=O.